The number of carbonyl (C=O) groups excluding carboxylic acids is 3. The number of para-hydroxylation sites is 1. The van der Waals surface area contributed by atoms with Gasteiger partial charge in [0.2, 0.25) is 0 Å². The Kier molecular flexibility index (Phi) is 8.99. The van der Waals surface area contributed by atoms with Crippen LogP contribution < -0.4 is 20.4 Å². The fraction of sp³-hybridized carbons (Fsp3) is 0.275. The number of thiophene rings is 1. The molecule has 0 aliphatic carbocycles. The first-order chi connectivity index (χ1) is 25.6. The Bertz CT molecular complexity index is 2240. The van der Waals surface area contributed by atoms with Crippen LogP contribution in [-0.2, 0) is 11.2 Å². The molecule has 3 amide bonds. The summed E-state index contributed by atoms with van der Waals surface area (Å²) >= 11 is 0.924. The van der Waals surface area contributed by atoms with Crippen LogP contribution in [0.25, 0.3) is 10.6 Å². The molecule has 5 aromatic rings. The Morgan fingerprint density at radius 3 is 2.45 bits per heavy atom. The summed E-state index contributed by atoms with van der Waals surface area (Å²) < 4.78 is 36.0. The molecule has 0 atom stereocenters. The first-order valence-electron chi connectivity index (χ1n) is 17.5. The first kappa shape index (κ1) is 34.6. The van der Waals surface area contributed by atoms with Crippen molar-refractivity contribution in [1.29, 1.82) is 0 Å². The summed E-state index contributed by atoms with van der Waals surface area (Å²) in [6.45, 7) is 6.88. The largest absolute Gasteiger partial charge is 0.381 e. The number of fused-ring (bicyclic) bond motifs is 3. The lowest BCUT2D eigenvalue weighted by Gasteiger charge is -2.53. The number of rotatable bonds is 6. The summed E-state index contributed by atoms with van der Waals surface area (Å²) in [4.78, 5) is 53.9. The Hall–Kier alpha value is -5.53. The first-order valence-corrected chi connectivity index (χ1v) is 18.3. The third-order valence-electron chi connectivity index (χ3n) is 10.3. The van der Waals surface area contributed by atoms with Crippen molar-refractivity contribution in [2.24, 2.45) is 5.41 Å². The van der Waals surface area contributed by atoms with Gasteiger partial charge in [-0.25, -0.2) is 13.8 Å². The number of hydrogen-bond acceptors (Lipinski definition) is 8. The van der Waals surface area contributed by atoms with Crippen LogP contribution in [0.5, 0.6) is 0 Å². The molecule has 6 heterocycles. The second-order valence-electron chi connectivity index (χ2n) is 13.9. The molecule has 3 aliphatic rings. The standard InChI is InChI=1S/C40H36F2N6O4S/c1-23-19-28(36(44-20-23)47-21-40(22-47)13-17-52-18-14-40)37(49)45-26-10-8-25(9-11-26)39(51)48-16-12-27-31(42)35(53-34(27)33-30(48)7-4-15-43-33)38(50)46-32-24(2)5-3-6-29(32)41/h3-11,15,19-20H,12-14,16-18,21-22H2,1-2H3,(H,45,49)(H,46,50). The van der Waals surface area contributed by atoms with E-state index in [4.69, 9.17) is 4.74 Å². The van der Waals surface area contributed by atoms with Gasteiger partial charge in [0, 0.05) is 67.5 Å². The number of aryl methyl sites for hydroxylation is 2. The Labute approximate surface area is 308 Å². The highest BCUT2D eigenvalue weighted by Crippen LogP contribution is 2.44. The fourth-order valence-electron chi connectivity index (χ4n) is 7.38. The minimum atomic E-state index is -0.759. The van der Waals surface area contributed by atoms with Crippen molar-refractivity contribution in [2.75, 3.05) is 53.3 Å². The van der Waals surface area contributed by atoms with Gasteiger partial charge in [-0.2, -0.15) is 0 Å². The second-order valence-corrected chi connectivity index (χ2v) is 14.9. The molecule has 0 saturated carbocycles. The number of hydrogen-bond donors (Lipinski definition) is 2. The lowest BCUT2D eigenvalue weighted by Crippen LogP contribution is -2.59. The summed E-state index contributed by atoms with van der Waals surface area (Å²) in [7, 11) is 0. The predicted octanol–water partition coefficient (Wildman–Crippen LogP) is 7.42. The molecule has 3 aromatic heterocycles. The van der Waals surface area contributed by atoms with E-state index in [0.29, 0.717) is 44.5 Å². The van der Waals surface area contributed by atoms with Crippen molar-refractivity contribution in [3.63, 3.8) is 0 Å². The van der Waals surface area contributed by atoms with Crippen LogP contribution in [0.4, 0.5) is 31.7 Å². The molecule has 2 N–H and O–H groups in total. The molecule has 13 heteroatoms. The number of aromatic nitrogens is 2. The lowest BCUT2D eigenvalue weighted by molar-refractivity contribution is -0.000511. The molecular formula is C40H36F2N6O4S. The molecule has 8 rings (SSSR count). The highest BCUT2D eigenvalue weighted by Gasteiger charge is 2.45. The van der Waals surface area contributed by atoms with Gasteiger partial charge in [-0.1, -0.05) is 12.1 Å². The number of pyridine rings is 2. The van der Waals surface area contributed by atoms with E-state index in [-0.39, 0.29) is 46.3 Å². The fourth-order valence-corrected chi connectivity index (χ4v) is 8.51. The van der Waals surface area contributed by atoms with Crippen LogP contribution in [0.1, 0.15) is 59.9 Å². The van der Waals surface area contributed by atoms with Gasteiger partial charge in [0.05, 0.1) is 21.8 Å². The summed E-state index contributed by atoms with van der Waals surface area (Å²) in [6, 6.07) is 16.3. The van der Waals surface area contributed by atoms with E-state index in [2.05, 4.69) is 25.5 Å². The van der Waals surface area contributed by atoms with E-state index in [1.807, 2.05) is 13.0 Å². The Morgan fingerprint density at radius 2 is 1.70 bits per heavy atom. The van der Waals surface area contributed by atoms with Crippen LogP contribution in [-0.4, -0.2) is 60.5 Å². The quantitative estimate of drug-likeness (QED) is 0.187. The molecule has 3 aliphatic heterocycles. The van der Waals surface area contributed by atoms with Crippen LogP contribution >= 0.6 is 11.3 Å². The number of nitrogens with one attached hydrogen (secondary N) is 2. The number of amides is 3. The Balaban J connectivity index is 0.991. The van der Waals surface area contributed by atoms with Gasteiger partial charge < -0.3 is 25.2 Å². The third-order valence-corrected chi connectivity index (χ3v) is 11.5. The summed E-state index contributed by atoms with van der Waals surface area (Å²) in [6.07, 6.45) is 5.46. The van der Waals surface area contributed by atoms with Crippen molar-refractivity contribution >= 4 is 51.9 Å². The number of benzene rings is 2. The number of ether oxygens (including phenoxy) is 1. The highest BCUT2D eigenvalue weighted by atomic mass is 32.1. The summed E-state index contributed by atoms with van der Waals surface area (Å²) in [5.74, 6) is -2.05. The molecule has 53 heavy (non-hydrogen) atoms. The van der Waals surface area contributed by atoms with Gasteiger partial charge in [-0.15, -0.1) is 11.3 Å². The number of halogens is 2. The lowest BCUT2D eigenvalue weighted by atomic mass is 9.73. The van der Waals surface area contributed by atoms with E-state index >= 15 is 4.39 Å². The normalized spacial score (nSPS) is 15.9. The van der Waals surface area contributed by atoms with Crippen LogP contribution in [0.3, 0.4) is 0 Å². The molecule has 0 unspecified atom stereocenters. The number of anilines is 4. The SMILES string of the molecule is Cc1cnc(N2CC3(CCOCC3)C2)c(C(=O)Nc2ccc(C(=O)N3CCc4c(sc(C(=O)Nc5c(C)cccc5F)c4F)-c4ncccc43)cc2)c1. The van der Waals surface area contributed by atoms with Gasteiger partial charge >= 0.3 is 0 Å². The molecule has 0 bridgehead atoms. The number of carbonyl (C=O) groups is 3. The molecule has 2 saturated heterocycles. The van der Waals surface area contributed by atoms with Gasteiger partial charge in [0.15, 0.2) is 5.82 Å². The Morgan fingerprint density at radius 1 is 0.925 bits per heavy atom. The zero-order valence-electron chi connectivity index (χ0n) is 29.2. The smallest absolute Gasteiger partial charge is 0.268 e. The molecule has 0 radical (unpaired) electrons. The van der Waals surface area contributed by atoms with Gasteiger partial charge in [0.25, 0.3) is 17.7 Å². The molecule has 270 valence electrons. The van der Waals surface area contributed by atoms with Crippen molar-refractivity contribution < 1.29 is 27.9 Å². The maximum absolute atomic E-state index is 15.9. The van der Waals surface area contributed by atoms with Crippen molar-refractivity contribution in [3.05, 3.63) is 117 Å². The predicted molar refractivity (Wildman–Crippen MR) is 200 cm³/mol. The van der Waals surface area contributed by atoms with Crippen molar-refractivity contribution in [1.82, 2.24) is 9.97 Å². The van der Waals surface area contributed by atoms with Gasteiger partial charge in [0.1, 0.15) is 22.2 Å². The van der Waals surface area contributed by atoms with Crippen molar-refractivity contribution in [2.45, 2.75) is 33.1 Å². The summed E-state index contributed by atoms with van der Waals surface area (Å²) in [5, 5.41) is 5.49. The zero-order chi connectivity index (χ0) is 36.9. The maximum atomic E-state index is 15.9. The average molecular weight is 735 g/mol. The third kappa shape index (κ3) is 6.44. The van der Waals surface area contributed by atoms with E-state index in [9.17, 15) is 18.8 Å². The van der Waals surface area contributed by atoms with Gasteiger partial charge in [-0.05, 0) is 92.8 Å². The van der Waals surface area contributed by atoms with Gasteiger partial charge in [-0.3, -0.25) is 19.4 Å². The van der Waals surface area contributed by atoms with E-state index in [1.54, 1.807) is 66.7 Å². The zero-order valence-corrected chi connectivity index (χ0v) is 30.0. The minimum absolute atomic E-state index is 0.00596. The van der Waals surface area contributed by atoms with E-state index in [0.717, 1.165) is 56.0 Å². The van der Waals surface area contributed by atoms with Crippen LogP contribution in [0.2, 0.25) is 0 Å². The average Bonchev–Trinajstić information content (AvgIpc) is 3.38. The van der Waals surface area contributed by atoms with Crippen LogP contribution in [0.15, 0.2) is 73.1 Å². The van der Waals surface area contributed by atoms with E-state index < -0.39 is 17.5 Å². The maximum Gasteiger partial charge on any atom is 0.268 e. The molecule has 10 nitrogen and oxygen atoms in total. The molecule has 2 aromatic carbocycles. The van der Waals surface area contributed by atoms with E-state index in [1.165, 1.54) is 12.1 Å². The second kappa shape index (κ2) is 13.8. The minimum Gasteiger partial charge on any atom is -0.381 e. The topological polar surface area (TPSA) is 117 Å². The summed E-state index contributed by atoms with van der Waals surface area (Å²) in [5.41, 5.74) is 4.08. The molecule has 1 spiro atoms. The van der Waals surface area contributed by atoms with Crippen LogP contribution in [0, 0.1) is 30.9 Å². The number of nitrogens with zero attached hydrogens (tertiary/aromatic N) is 4. The molecule has 2 fully saturated rings. The molecular weight excluding hydrogens is 699 g/mol. The monoisotopic (exact) mass is 734 g/mol. The van der Waals surface area contributed by atoms with Crippen molar-refractivity contribution in [3.8, 4) is 10.6 Å². The highest BCUT2D eigenvalue weighted by molar-refractivity contribution is 7.17.